The summed E-state index contributed by atoms with van der Waals surface area (Å²) in [5.41, 5.74) is 4.35. The summed E-state index contributed by atoms with van der Waals surface area (Å²) in [5.74, 6) is -1.78. The summed E-state index contributed by atoms with van der Waals surface area (Å²) in [6.07, 6.45) is -8.77. The van der Waals surface area contributed by atoms with Crippen molar-refractivity contribution in [3.05, 3.63) is 24.0 Å². The van der Waals surface area contributed by atoms with E-state index in [2.05, 4.69) is 4.74 Å². The van der Waals surface area contributed by atoms with Gasteiger partial charge in [0.25, 0.3) is 0 Å². The molecule has 1 atom stereocenters. The molecular formula is C9H7F5N2O2. The van der Waals surface area contributed by atoms with Gasteiger partial charge in [0.05, 0.1) is 5.69 Å². The Morgan fingerprint density at radius 3 is 2.44 bits per heavy atom. The summed E-state index contributed by atoms with van der Waals surface area (Å²) in [5, 5.41) is 1.88. The number of halogens is 5. The maximum Gasteiger partial charge on any atom is 0.457 e. The van der Waals surface area contributed by atoms with Crippen molar-refractivity contribution in [3.63, 3.8) is 0 Å². The second kappa shape index (κ2) is 5.07. The van der Waals surface area contributed by atoms with Crippen molar-refractivity contribution < 1.29 is 31.5 Å². The maximum absolute atomic E-state index is 13.2. The van der Waals surface area contributed by atoms with Crippen molar-refractivity contribution in [2.75, 3.05) is 5.32 Å². The Kier molecular flexibility index (Phi) is 3.94. The normalized spacial score (nSPS) is 12.9. The van der Waals surface area contributed by atoms with Crippen LogP contribution in [0.2, 0.25) is 0 Å². The van der Waals surface area contributed by atoms with Crippen LogP contribution in [-0.2, 0) is 0 Å². The highest BCUT2D eigenvalue weighted by Crippen LogP contribution is 2.27. The van der Waals surface area contributed by atoms with Crippen LogP contribution < -0.4 is 15.8 Å². The molecule has 0 bridgehead atoms. The summed E-state index contributed by atoms with van der Waals surface area (Å²) >= 11 is 0. The first-order valence-corrected chi connectivity index (χ1v) is 4.43. The van der Waals surface area contributed by atoms with Crippen molar-refractivity contribution in [2.24, 2.45) is 5.73 Å². The summed E-state index contributed by atoms with van der Waals surface area (Å²) in [6, 6.07) is 1.18. The van der Waals surface area contributed by atoms with E-state index in [1.54, 1.807) is 0 Å². The predicted molar refractivity (Wildman–Crippen MR) is 51.2 cm³/mol. The molecule has 0 fully saturated rings. The van der Waals surface area contributed by atoms with Crippen LogP contribution >= 0.6 is 0 Å². The Balaban J connectivity index is 2.82. The van der Waals surface area contributed by atoms with E-state index in [-0.39, 0.29) is 5.69 Å². The van der Waals surface area contributed by atoms with Crippen molar-refractivity contribution in [2.45, 2.75) is 12.5 Å². The zero-order chi connectivity index (χ0) is 13.9. The molecule has 0 heterocycles. The number of urea groups is 1. The van der Waals surface area contributed by atoms with Gasteiger partial charge in [-0.15, -0.1) is 0 Å². The van der Waals surface area contributed by atoms with Gasteiger partial charge in [-0.1, -0.05) is 0 Å². The quantitative estimate of drug-likeness (QED) is 0.829. The number of nitrogens with one attached hydrogen (secondary N) is 1. The summed E-state index contributed by atoms with van der Waals surface area (Å²) in [6.45, 7) is 0. The average molecular weight is 270 g/mol. The molecule has 0 saturated carbocycles. The summed E-state index contributed by atoms with van der Waals surface area (Å²) < 4.78 is 65.0. The van der Waals surface area contributed by atoms with Gasteiger partial charge in [0.1, 0.15) is 11.6 Å². The lowest BCUT2D eigenvalue weighted by molar-refractivity contribution is -0.236. The first-order valence-electron chi connectivity index (χ1n) is 4.43. The SMILES string of the molecule is NC(=O)Nc1ccc(OC(F)C(F)(F)F)cc1F. The molecule has 4 nitrogen and oxygen atoms in total. The Morgan fingerprint density at radius 2 is 2.00 bits per heavy atom. The van der Waals surface area contributed by atoms with E-state index in [4.69, 9.17) is 5.73 Å². The molecule has 1 rings (SSSR count). The fourth-order valence-corrected chi connectivity index (χ4v) is 0.990. The highest BCUT2D eigenvalue weighted by Gasteiger charge is 2.42. The second-order valence-electron chi connectivity index (χ2n) is 3.11. The van der Waals surface area contributed by atoms with E-state index >= 15 is 0 Å². The summed E-state index contributed by atoms with van der Waals surface area (Å²) in [7, 11) is 0. The zero-order valence-corrected chi connectivity index (χ0v) is 8.59. The fourth-order valence-electron chi connectivity index (χ4n) is 0.990. The van der Waals surface area contributed by atoms with Crippen LogP contribution in [0.15, 0.2) is 18.2 Å². The van der Waals surface area contributed by atoms with Crippen LogP contribution in [0.3, 0.4) is 0 Å². The lowest BCUT2D eigenvalue weighted by Crippen LogP contribution is -2.29. The zero-order valence-electron chi connectivity index (χ0n) is 8.59. The van der Waals surface area contributed by atoms with Gasteiger partial charge in [0.2, 0.25) is 0 Å². The first-order chi connectivity index (χ1) is 8.20. The van der Waals surface area contributed by atoms with Crippen molar-refractivity contribution in [3.8, 4) is 5.75 Å². The van der Waals surface area contributed by atoms with Gasteiger partial charge in [0, 0.05) is 6.07 Å². The minimum absolute atomic E-state index is 0.364. The standard InChI is InChI=1S/C9H7F5N2O2/c10-5-3-4(18-7(11)9(12,13)14)1-2-6(5)16-8(15)17/h1-3,7H,(H3,15,16,17). The van der Waals surface area contributed by atoms with Crippen LogP contribution in [-0.4, -0.2) is 18.6 Å². The highest BCUT2D eigenvalue weighted by molar-refractivity contribution is 5.87. The molecule has 0 aliphatic carbocycles. The Bertz CT molecular complexity index is 449. The van der Waals surface area contributed by atoms with E-state index in [0.717, 1.165) is 12.1 Å². The molecule has 1 aromatic carbocycles. The molecule has 0 radical (unpaired) electrons. The lowest BCUT2D eigenvalue weighted by Gasteiger charge is -2.14. The Hall–Kier alpha value is -2.06. The number of rotatable bonds is 3. The average Bonchev–Trinajstić information content (AvgIpc) is 2.20. The number of hydrogen-bond acceptors (Lipinski definition) is 2. The van der Waals surface area contributed by atoms with Crippen molar-refractivity contribution in [1.29, 1.82) is 0 Å². The molecule has 0 aromatic heterocycles. The van der Waals surface area contributed by atoms with E-state index in [1.165, 1.54) is 0 Å². The number of carbonyl (C=O) groups excluding carboxylic acids is 1. The van der Waals surface area contributed by atoms with Gasteiger partial charge < -0.3 is 15.8 Å². The van der Waals surface area contributed by atoms with Gasteiger partial charge in [-0.2, -0.15) is 17.6 Å². The topological polar surface area (TPSA) is 64.4 Å². The Labute approximate surface area is 97.5 Å². The van der Waals surface area contributed by atoms with Crippen LogP contribution in [0, 0.1) is 5.82 Å². The number of ether oxygens (including phenoxy) is 1. The van der Waals surface area contributed by atoms with Gasteiger partial charge in [-0.05, 0) is 12.1 Å². The first kappa shape index (κ1) is 14.0. The molecule has 1 unspecified atom stereocenters. The van der Waals surface area contributed by atoms with Crippen molar-refractivity contribution >= 4 is 11.7 Å². The third kappa shape index (κ3) is 3.75. The molecule has 0 aliphatic heterocycles. The maximum atomic E-state index is 13.2. The van der Waals surface area contributed by atoms with Crippen LogP contribution in [0.5, 0.6) is 5.75 Å². The largest absolute Gasteiger partial charge is 0.457 e. The van der Waals surface area contributed by atoms with Gasteiger partial charge >= 0.3 is 18.6 Å². The molecule has 100 valence electrons. The van der Waals surface area contributed by atoms with Crippen LogP contribution in [0.4, 0.5) is 32.4 Å². The van der Waals surface area contributed by atoms with E-state index in [1.807, 2.05) is 5.32 Å². The van der Waals surface area contributed by atoms with Crippen LogP contribution in [0.1, 0.15) is 0 Å². The molecular weight excluding hydrogens is 263 g/mol. The third-order valence-electron chi connectivity index (χ3n) is 1.70. The molecule has 2 amide bonds. The van der Waals surface area contributed by atoms with Gasteiger partial charge in [-0.25, -0.2) is 9.18 Å². The number of nitrogens with two attached hydrogens (primary N) is 1. The van der Waals surface area contributed by atoms with Crippen LogP contribution in [0.25, 0.3) is 0 Å². The highest BCUT2D eigenvalue weighted by atomic mass is 19.4. The fraction of sp³-hybridized carbons (Fsp3) is 0.222. The van der Waals surface area contributed by atoms with Crippen molar-refractivity contribution in [1.82, 2.24) is 0 Å². The number of primary amides is 1. The monoisotopic (exact) mass is 270 g/mol. The molecule has 0 spiro atoms. The number of anilines is 1. The number of carbonyl (C=O) groups is 1. The second-order valence-corrected chi connectivity index (χ2v) is 3.11. The number of benzene rings is 1. The minimum Gasteiger partial charge on any atom is -0.452 e. The molecule has 3 N–H and O–H groups in total. The van der Waals surface area contributed by atoms with E-state index < -0.39 is 30.1 Å². The molecule has 18 heavy (non-hydrogen) atoms. The van der Waals surface area contributed by atoms with E-state index in [9.17, 15) is 26.7 Å². The molecule has 9 heteroatoms. The lowest BCUT2D eigenvalue weighted by atomic mass is 10.3. The number of amides is 2. The smallest absolute Gasteiger partial charge is 0.452 e. The molecule has 0 aliphatic rings. The third-order valence-corrected chi connectivity index (χ3v) is 1.70. The Morgan fingerprint density at radius 1 is 1.39 bits per heavy atom. The number of alkyl halides is 4. The molecule has 1 aromatic rings. The predicted octanol–water partition coefficient (Wildman–Crippen LogP) is 2.55. The van der Waals surface area contributed by atoms with Gasteiger partial charge in [-0.3, -0.25) is 0 Å². The minimum atomic E-state index is -5.21. The van der Waals surface area contributed by atoms with Gasteiger partial charge in [0.15, 0.2) is 0 Å². The number of hydrogen-bond donors (Lipinski definition) is 2. The summed E-state index contributed by atoms with van der Waals surface area (Å²) in [4.78, 5) is 10.4. The molecule has 0 saturated heterocycles. The van der Waals surface area contributed by atoms with E-state index in [0.29, 0.717) is 6.07 Å².